The van der Waals surface area contributed by atoms with Crippen molar-refractivity contribution in [3.63, 3.8) is 0 Å². The van der Waals surface area contributed by atoms with Gasteiger partial charge in [0.1, 0.15) is 103 Å². The lowest BCUT2D eigenvalue weighted by Crippen LogP contribution is -2.71. The van der Waals surface area contributed by atoms with Crippen LogP contribution in [0.3, 0.4) is 0 Å². The summed E-state index contributed by atoms with van der Waals surface area (Å²) >= 11 is 3.73. The highest BCUT2D eigenvalue weighted by atomic mass is 32.1. The Morgan fingerprint density at radius 2 is 0.987 bits per heavy atom. The third-order valence-electron chi connectivity index (χ3n) is 13.4. The minimum Gasteiger partial charge on any atom is -0.494 e. The van der Waals surface area contributed by atoms with Crippen LogP contribution in [0.15, 0.2) is 24.3 Å². The van der Waals surface area contributed by atoms with Gasteiger partial charge in [0.2, 0.25) is 17.7 Å². The zero-order chi connectivity index (χ0) is 54.9. The molecule has 428 valence electrons. The summed E-state index contributed by atoms with van der Waals surface area (Å²) in [6.07, 6.45) is -17.0. The molecule has 4 saturated heterocycles. The molecule has 1 aromatic carbocycles. The molecule has 16 unspecified atom stereocenters. The summed E-state index contributed by atoms with van der Waals surface area (Å²) < 4.78 is 52.7. The van der Waals surface area contributed by atoms with Crippen LogP contribution < -0.4 is 26.0 Å². The van der Waals surface area contributed by atoms with E-state index in [-0.39, 0.29) is 5.56 Å². The average molecular weight is 1100 g/mol. The first-order valence-corrected chi connectivity index (χ1v) is 25.8. The molecule has 0 bridgehead atoms. The molecule has 13 N–H and O–H groups in total. The van der Waals surface area contributed by atoms with E-state index in [4.69, 9.17) is 42.1 Å². The highest BCUT2D eigenvalue weighted by Crippen LogP contribution is 2.35. The highest BCUT2D eigenvalue weighted by molar-refractivity contribution is 7.75. The summed E-state index contributed by atoms with van der Waals surface area (Å²) in [6, 6.07) is -0.0419. The number of benzene rings is 1. The minimum absolute atomic E-state index is 0.0984. The normalized spacial score (nSPS) is 36.0. The molecule has 5 rings (SSSR count). The van der Waals surface area contributed by atoms with Gasteiger partial charge in [0.15, 0.2) is 25.2 Å². The number of aliphatic hydroxyl groups excluding tert-OH is 9. The van der Waals surface area contributed by atoms with E-state index in [9.17, 15) is 65.1 Å². The van der Waals surface area contributed by atoms with Gasteiger partial charge in [-0.1, -0.05) is 64.4 Å². The van der Waals surface area contributed by atoms with Gasteiger partial charge in [-0.25, -0.2) is 0 Å². The Morgan fingerprint density at radius 3 is 1.47 bits per heavy atom. The fraction of sp³-hybridized carbons (Fsp3) is 0.792. The molecular formula is C48H78N4O22S. The van der Waals surface area contributed by atoms with E-state index in [1.165, 1.54) is 44.2 Å². The standard InChI is InChI=1S/C48H78N4O22S/c1-5-6-7-8-9-10-11-12-13-17-66-27-16-14-15-26(18-27)44(64)52-33-37(60)36(59)28(19-53)69-46(33)72-41-29(20-54)70-47(34(39(41)62)50-24(3)57)73-42-30(21-55)71-48(35(40(42)63)51-25(4)58)74-43-31(22-67-75)68-45(65)32(38(43)61)49-23(2)56/h14-16,18,28-43,45-48,53-55,59-63,65,75H,5-13,17,19-22H2,1-4H3,(H,49,56)(H,50,57)(H,51,58)(H,52,64)/t28?,29?,30?,31?,32-,33-,34-,35-,36?,37?,38?,39?,40?,41?,42?,43?,45?,46?,47?,48?/m0/s1. The van der Waals surface area contributed by atoms with Gasteiger partial charge >= 0.3 is 0 Å². The molecule has 4 amide bonds. The Hall–Kier alpha value is -3.43. The molecule has 27 heteroatoms. The number of hydrogen-bond donors (Lipinski definition) is 14. The molecule has 4 heterocycles. The summed E-state index contributed by atoms with van der Waals surface area (Å²) in [5.74, 6) is -2.49. The lowest BCUT2D eigenvalue weighted by Gasteiger charge is -2.51. The summed E-state index contributed by atoms with van der Waals surface area (Å²) in [5, 5.41) is 109. The van der Waals surface area contributed by atoms with Crippen LogP contribution in [0.25, 0.3) is 0 Å². The van der Waals surface area contributed by atoms with E-state index in [0.717, 1.165) is 46.5 Å². The van der Waals surface area contributed by atoms with Crippen LogP contribution in [-0.2, 0) is 51.7 Å². The molecule has 0 aliphatic carbocycles. The van der Waals surface area contributed by atoms with Gasteiger partial charge in [-0.15, -0.1) is 0 Å². The zero-order valence-corrected chi connectivity index (χ0v) is 43.4. The summed E-state index contributed by atoms with van der Waals surface area (Å²) in [5.41, 5.74) is 0.0984. The smallest absolute Gasteiger partial charge is 0.251 e. The van der Waals surface area contributed by atoms with Crippen molar-refractivity contribution in [2.45, 2.75) is 208 Å². The van der Waals surface area contributed by atoms with Crippen LogP contribution in [-0.4, -0.2) is 225 Å². The van der Waals surface area contributed by atoms with Crippen molar-refractivity contribution in [1.82, 2.24) is 21.3 Å². The number of ether oxygens (including phenoxy) is 8. The zero-order valence-electron chi connectivity index (χ0n) is 42.5. The molecule has 0 spiro atoms. The Balaban J connectivity index is 1.32. The molecule has 4 fully saturated rings. The number of thiol groups is 1. The molecule has 20 atom stereocenters. The van der Waals surface area contributed by atoms with Crippen molar-refractivity contribution in [3.05, 3.63) is 29.8 Å². The molecule has 4 aliphatic rings. The maximum Gasteiger partial charge on any atom is 0.251 e. The van der Waals surface area contributed by atoms with E-state index >= 15 is 0 Å². The van der Waals surface area contributed by atoms with Gasteiger partial charge in [-0.05, 0) is 37.5 Å². The first-order chi connectivity index (χ1) is 35.9. The number of hydrogen-bond acceptors (Lipinski definition) is 23. The second-order valence-corrected chi connectivity index (χ2v) is 19.4. The van der Waals surface area contributed by atoms with Crippen molar-refractivity contribution in [2.75, 3.05) is 33.0 Å². The topological polar surface area (TPSA) is 382 Å². The third-order valence-corrected chi connectivity index (χ3v) is 13.6. The van der Waals surface area contributed by atoms with Crippen molar-refractivity contribution in [1.29, 1.82) is 0 Å². The lowest BCUT2D eigenvalue weighted by molar-refractivity contribution is -0.361. The number of carbonyl (C=O) groups excluding carboxylic acids is 4. The van der Waals surface area contributed by atoms with Gasteiger partial charge in [0.05, 0.1) is 33.0 Å². The van der Waals surface area contributed by atoms with Gasteiger partial charge in [-0.3, -0.25) is 19.2 Å². The molecule has 0 aromatic heterocycles. The van der Waals surface area contributed by atoms with Crippen LogP contribution in [0.4, 0.5) is 0 Å². The van der Waals surface area contributed by atoms with Gasteiger partial charge in [0.25, 0.3) is 5.91 Å². The maximum absolute atomic E-state index is 13.8. The Labute approximate surface area is 440 Å². The van der Waals surface area contributed by atoms with Crippen molar-refractivity contribution >= 4 is 36.5 Å². The fourth-order valence-corrected chi connectivity index (χ4v) is 9.71. The molecular weight excluding hydrogens is 1020 g/mol. The van der Waals surface area contributed by atoms with Crippen molar-refractivity contribution in [3.8, 4) is 5.75 Å². The number of nitrogens with one attached hydrogen (secondary N) is 4. The van der Waals surface area contributed by atoms with E-state index in [2.05, 4.69) is 41.1 Å². The molecule has 26 nitrogen and oxygen atoms in total. The first kappa shape index (κ1) is 62.4. The Kier molecular flexibility index (Phi) is 25.5. The van der Waals surface area contributed by atoms with Crippen LogP contribution >= 0.6 is 12.9 Å². The largest absolute Gasteiger partial charge is 0.494 e. The Bertz CT molecular complexity index is 1930. The predicted molar refractivity (Wildman–Crippen MR) is 261 cm³/mol. The van der Waals surface area contributed by atoms with Crippen LogP contribution in [0.2, 0.25) is 0 Å². The van der Waals surface area contributed by atoms with E-state index < -0.39 is 173 Å². The summed E-state index contributed by atoms with van der Waals surface area (Å²) in [6.45, 7) is 2.82. The minimum atomic E-state index is -1.93. The Morgan fingerprint density at radius 1 is 0.547 bits per heavy atom. The van der Waals surface area contributed by atoms with Gasteiger partial charge in [0, 0.05) is 26.3 Å². The van der Waals surface area contributed by atoms with E-state index in [0.29, 0.717) is 12.4 Å². The fourth-order valence-electron chi connectivity index (χ4n) is 9.56. The molecule has 75 heavy (non-hydrogen) atoms. The molecule has 0 saturated carbocycles. The van der Waals surface area contributed by atoms with E-state index in [1.54, 1.807) is 12.1 Å². The van der Waals surface area contributed by atoms with Crippen LogP contribution in [0, 0.1) is 0 Å². The quantitative estimate of drug-likeness (QED) is 0.0236. The van der Waals surface area contributed by atoms with Crippen LogP contribution in [0.5, 0.6) is 5.75 Å². The lowest BCUT2D eigenvalue weighted by atomic mass is 9.93. The monoisotopic (exact) mass is 1090 g/mol. The number of aliphatic hydroxyl groups is 9. The number of rotatable bonds is 27. The molecule has 4 aliphatic heterocycles. The third kappa shape index (κ3) is 17.0. The second kappa shape index (κ2) is 30.6. The predicted octanol–water partition coefficient (Wildman–Crippen LogP) is -3.10. The molecule has 0 radical (unpaired) electrons. The SMILES string of the molecule is CCCCCCCCCCCOc1cccc(C(=O)N[C@@H]2C(OC3C(CO)OC(OC4C(CO)OC(OC5C(COS)OC(O)[C@@H](NC(C)=O)C5O)[C@@H](NC(C)=O)C4O)[C@@H](NC(C)=O)C3O)OC(CO)C(O)C2O)c1. The summed E-state index contributed by atoms with van der Waals surface area (Å²) in [4.78, 5) is 51.1. The number of amides is 4. The van der Waals surface area contributed by atoms with Crippen molar-refractivity contribution in [2.24, 2.45) is 0 Å². The first-order valence-electron chi connectivity index (χ1n) is 25.5. The second-order valence-electron chi connectivity index (χ2n) is 19.2. The summed E-state index contributed by atoms with van der Waals surface area (Å²) in [7, 11) is 0. The van der Waals surface area contributed by atoms with Crippen molar-refractivity contribution < 1.29 is 107 Å². The van der Waals surface area contributed by atoms with Crippen LogP contribution in [0.1, 0.15) is 95.8 Å². The van der Waals surface area contributed by atoms with Gasteiger partial charge in [-0.2, -0.15) is 0 Å². The van der Waals surface area contributed by atoms with E-state index in [1.807, 2.05) is 0 Å². The average Bonchev–Trinajstić information content (AvgIpc) is 3.37. The van der Waals surface area contributed by atoms with Gasteiger partial charge < -0.3 is 109 Å². The number of carbonyl (C=O) groups is 4. The molecule has 1 aromatic rings. The number of unbranched alkanes of at least 4 members (excludes halogenated alkanes) is 8. The maximum atomic E-state index is 13.8. The highest BCUT2D eigenvalue weighted by Gasteiger charge is 2.56.